The molecule has 0 fully saturated rings. The van der Waals surface area contributed by atoms with Crippen LogP contribution in [0.15, 0.2) is 83.8 Å². The number of nitrogens with one attached hydrogen (secondary N) is 1. The van der Waals surface area contributed by atoms with Gasteiger partial charge in [0.15, 0.2) is 0 Å². The van der Waals surface area contributed by atoms with Crippen LogP contribution in [0.4, 0.5) is 5.69 Å². The van der Waals surface area contributed by atoms with Crippen molar-refractivity contribution in [2.75, 3.05) is 5.32 Å². The molecule has 2 aromatic heterocycles. The van der Waals surface area contributed by atoms with E-state index in [2.05, 4.69) is 10.3 Å². The van der Waals surface area contributed by atoms with E-state index in [0.29, 0.717) is 29.2 Å². The van der Waals surface area contributed by atoms with E-state index in [-0.39, 0.29) is 24.0 Å². The number of aromatic nitrogens is 2. The number of carbonyl (C=O) groups excluding carboxylic acids is 1. The van der Waals surface area contributed by atoms with Gasteiger partial charge in [-0.3, -0.25) is 14.0 Å². The number of pyridine rings is 1. The van der Waals surface area contributed by atoms with E-state index in [0.717, 1.165) is 11.1 Å². The minimum atomic E-state index is -0.255. The number of amides is 1. The normalized spacial score (nSPS) is 11.8. The molecule has 1 amide bonds. The van der Waals surface area contributed by atoms with E-state index in [1.54, 1.807) is 18.3 Å². The summed E-state index contributed by atoms with van der Waals surface area (Å²) in [7, 11) is 0. The summed E-state index contributed by atoms with van der Waals surface area (Å²) in [6.45, 7) is 4.02. The van der Waals surface area contributed by atoms with Gasteiger partial charge in [0.05, 0.1) is 17.3 Å². The monoisotopic (exact) mass is 427 g/mol. The third-order valence-electron chi connectivity index (χ3n) is 5.39. The summed E-state index contributed by atoms with van der Waals surface area (Å²) in [6, 6.07) is 22.2. The lowest BCUT2D eigenvalue weighted by Gasteiger charge is -2.17. The van der Waals surface area contributed by atoms with Gasteiger partial charge in [-0.25, -0.2) is 4.98 Å². The number of hydrogen-bond donors (Lipinski definition) is 1. The lowest BCUT2D eigenvalue weighted by atomic mass is 9.95. The Kier molecular flexibility index (Phi) is 6.31. The Bertz CT molecular complexity index is 1300. The number of fused-ring (bicyclic) bond motifs is 1. The van der Waals surface area contributed by atoms with Crippen molar-refractivity contribution in [2.24, 2.45) is 0 Å². The number of para-hydroxylation sites is 2. The zero-order chi connectivity index (χ0) is 22.5. The molecule has 0 saturated carbocycles. The number of aryl methyl sites for hydroxylation is 1. The first-order valence-corrected chi connectivity index (χ1v) is 10.6. The molecule has 0 spiro atoms. The van der Waals surface area contributed by atoms with Gasteiger partial charge in [0, 0.05) is 12.3 Å². The van der Waals surface area contributed by atoms with Crippen molar-refractivity contribution >= 4 is 17.2 Å². The van der Waals surface area contributed by atoms with Crippen molar-refractivity contribution in [3.8, 4) is 5.75 Å². The molecule has 4 rings (SSSR count). The van der Waals surface area contributed by atoms with Crippen molar-refractivity contribution in [3.05, 3.63) is 106 Å². The van der Waals surface area contributed by atoms with Gasteiger partial charge in [-0.1, -0.05) is 55.5 Å². The lowest BCUT2D eigenvalue weighted by Crippen LogP contribution is -2.21. The summed E-state index contributed by atoms with van der Waals surface area (Å²) >= 11 is 0. The Morgan fingerprint density at radius 1 is 1.06 bits per heavy atom. The molecule has 2 aromatic carbocycles. The van der Waals surface area contributed by atoms with E-state index in [9.17, 15) is 9.59 Å². The van der Waals surface area contributed by atoms with Gasteiger partial charge in [0.1, 0.15) is 18.0 Å². The predicted octanol–water partition coefficient (Wildman–Crippen LogP) is 4.71. The number of nitrogens with zero attached hydrogens (tertiary/aromatic N) is 2. The first-order valence-electron chi connectivity index (χ1n) is 10.6. The highest BCUT2D eigenvalue weighted by Crippen LogP contribution is 2.27. The fourth-order valence-corrected chi connectivity index (χ4v) is 3.71. The molecule has 1 unspecified atom stereocenters. The Labute approximate surface area is 186 Å². The standard InChI is InChI=1S/C26H25N3O3/c1-3-21(19-11-5-4-6-12-19)26(31)28-22-13-7-8-14-23(22)32-17-20-16-24(30)29-15-9-10-18(2)25(29)27-20/h4-16,21H,3,17H2,1-2H3,(H,28,31). The van der Waals surface area contributed by atoms with Crippen molar-refractivity contribution < 1.29 is 9.53 Å². The van der Waals surface area contributed by atoms with Crippen molar-refractivity contribution in [2.45, 2.75) is 32.8 Å². The van der Waals surface area contributed by atoms with Crippen LogP contribution in [0.2, 0.25) is 0 Å². The van der Waals surface area contributed by atoms with Gasteiger partial charge in [0.2, 0.25) is 5.91 Å². The molecule has 2 heterocycles. The molecule has 6 heteroatoms. The molecule has 1 atom stereocenters. The van der Waals surface area contributed by atoms with Crippen LogP contribution in [0.3, 0.4) is 0 Å². The Balaban J connectivity index is 1.53. The SMILES string of the molecule is CCC(C(=O)Nc1ccccc1OCc1cc(=O)n2cccc(C)c2n1)c1ccccc1. The van der Waals surface area contributed by atoms with Crippen LogP contribution >= 0.6 is 0 Å². The van der Waals surface area contributed by atoms with E-state index in [1.807, 2.05) is 68.4 Å². The first-order chi connectivity index (χ1) is 15.6. The molecule has 0 radical (unpaired) electrons. The molecule has 0 aliphatic carbocycles. The first kappa shape index (κ1) is 21.3. The second kappa shape index (κ2) is 9.47. The largest absolute Gasteiger partial charge is 0.485 e. The van der Waals surface area contributed by atoms with E-state index < -0.39 is 0 Å². The van der Waals surface area contributed by atoms with Crippen LogP contribution in [0.25, 0.3) is 5.65 Å². The Morgan fingerprint density at radius 2 is 1.81 bits per heavy atom. The van der Waals surface area contributed by atoms with Crippen LogP contribution in [-0.4, -0.2) is 15.3 Å². The number of rotatable bonds is 7. The second-order valence-electron chi connectivity index (χ2n) is 7.62. The molecule has 0 aliphatic rings. The third kappa shape index (κ3) is 4.54. The van der Waals surface area contributed by atoms with Crippen LogP contribution in [0.1, 0.15) is 36.1 Å². The van der Waals surface area contributed by atoms with Crippen LogP contribution < -0.4 is 15.6 Å². The topological polar surface area (TPSA) is 72.7 Å². The van der Waals surface area contributed by atoms with E-state index in [4.69, 9.17) is 4.74 Å². The Hall–Kier alpha value is -3.93. The van der Waals surface area contributed by atoms with Gasteiger partial charge in [-0.2, -0.15) is 0 Å². The van der Waals surface area contributed by atoms with Crippen LogP contribution in [-0.2, 0) is 11.4 Å². The summed E-state index contributed by atoms with van der Waals surface area (Å²) < 4.78 is 7.48. The molecule has 1 N–H and O–H groups in total. The quantitative estimate of drug-likeness (QED) is 0.463. The highest BCUT2D eigenvalue weighted by molar-refractivity contribution is 5.97. The van der Waals surface area contributed by atoms with E-state index >= 15 is 0 Å². The number of benzene rings is 2. The highest BCUT2D eigenvalue weighted by Gasteiger charge is 2.19. The van der Waals surface area contributed by atoms with Gasteiger partial charge < -0.3 is 10.1 Å². The summed E-state index contributed by atoms with van der Waals surface area (Å²) in [4.78, 5) is 30.0. The van der Waals surface area contributed by atoms with Crippen molar-refractivity contribution in [1.82, 2.24) is 9.38 Å². The van der Waals surface area contributed by atoms with Gasteiger partial charge in [-0.15, -0.1) is 0 Å². The van der Waals surface area contributed by atoms with Gasteiger partial charge in [-0.05, 0) is 42.7 Å². The molecule has 0 bridgehead atoms. The van der Waals surface area contributed by atoms with Gasteiger partial charge >= 0.3 is 0 Å². The molecular formula is C26H25N3O3. The molecule has 32 heavy (non-hydrogen) atoms. The van der Waals surface area contributed by atoms with Crippen LogP contribution in [0, 0.1) is 6.92 Å². The second-order valence-corrected chi connectivity index (χ2v) is 7.62. The highest BCUT2D eigenvalue weighted by atomic mass is 16.5. The number of carbonyl (C=O) groups is 1. The summed E-state index contributed by atoms with van der Waals surface area (Å²) in [5.74, 6) is 0.178. The molecular weight excluding hydrogens is 402 g/mol. The summed E-state index contributed by atoms with van der Waals surface area (Å²) in [5.41, 5.74) is 3.44. The molecule has 0 saturated heterocycles. The predicted molar refractivity (Wildman–Crippen MR) is 125 cm³/mol. The third-order valence-corrected chi connectivity index (χ3v) is 5.39. The zero-order valence-electron chi connectivity index (χ0n) is 18.1. The fraction of sp³-hybridized carbons (Fsp3) is 0.192. The molecule has 6 nitrogen and oxygen atoms in total. The minimum absolute atomic E-state index is 0.0903. The average Bonchev–Trinajstić information content (AvgIpc) is 2.80. The zero-order valence-corrected chi connectivity index (χ0v) is 18.1. The number of anilines is 1. The molecule has 4 aromatic rings. The Morgan fingerprint density at radius 3 is 2.59 bits per heavy atom. The fourth-order valence-electron chi connectivity index (χ4n) is 3.71. The van der Waals surface area contributed by atoms with Gasteiger partial charge in [0.25, 0.3) is 5.56 Å². The lowest BCUT2D eigenvalue weighted by molar-refractivity contribution is -0.117. The number of ether oxygens (including phenoxy) is 1. The van der Waals surface area contributed by atoms with Crippen LogP contribution in [0.5, 0.6) is 5.75 Å². The minimum Gasteiger partial charge on any atom is -0.485 e. The maximum Gasteiger partial charge on any atom is 0.258 e. The summed E-state index contributed by atoms with van der Waals surface area (Å²) in [5, 5.41) is 3.00. The maximum atomic E-state index is 13.0. The average molecular weight is 428 g/mol. The van der Waals surface area contributed by atoms with Crippen molar-refractivity contribution in [1.29, 1.82) is 0 Å². The van der Waals surface area contributed by atoms with E-state index in [1.165, 1.54) is 10.5 Å². The molecule has 162 valence electrons. The molecule has 0 aliphatic heterocycles. The summed E-state index contributed by atoms with van der Waals surface area (Å²) in [6.07, 6.45) is 2.38. The smallest absolute Gasteiger partial charge is 0.258 e. The van der Waals surface area contributed by atoms with Crippen molar-refractivity contribution in [3.63, 3.8) is 0 Å². The number of hydrogen-bond acceptors (Lipinski definition) is 4. The maximum absolute atomic E-state index is 13.0.